The molecule has 0 spiro atoms. The van der Waals surface area contributed by atoms with Crippen molar-refractivity contribution in [2.45, 2.75) is 77.5 Å². The van der Waals surface area contributed by atoms with Crippen LogP contribution in [0.15, 0.2) is 12.7 Å². The number of carbonyl (C=O) groups excluding carboxylic acids is 4. The van der Waals surface area contributed by atoms with E-state index < -0.39 is 78.6 Å². The molecule has 0 saturated carbocycles. The maximum Gasteiger partial charge on any atom is 0.303 e. The molecule has 0 aliphatic carbocycles. The van der Waals surface area contributed by atoms with Crippen LogP contribution in [0.2, 0.25) is 0 Å². The molecule has 0 bridgehead atoms. The quantitative estimate of drug-likeness (QED) is 0.119. The molecule has 2 rings (SSSR count). The fraction of sp³-hybridized carbons (Fsp3) is 0.760. The van der Waals surface area contributed by atoms with Crippen LogP contribution in [0, 0.1) is 11.8 Å². The Morgan fingerprint density at radius 3 is 2.18 bits per heavy atom. The van der Waals surface area contributed by atoms with Gasteiger partial charge < -0.3 is 43.2 Å². The molecule has 2 aliphatic heterocycles. The lowest BCUT2D eigenvalue weighted by atomic mass is 9.89. The van der Waals surface area contributed by atoms with Gasteiger partial charge in [0.15, 0.2) is 12.4 Å². The number of methoxy groups -OCH3 is 1. The lowest BCUT2D eigenvalue weighted by Gasteiger charge is -2.47. The van der Waals surface area contributed by atoms with E-state index in [-0.39, 0.29) is 26.6 Å². The number of hydrogen-bond acceptors (Lipinski definition) is 12. The molecule has 0 aromatic rings. The predicted molar refractivity (Wildman–Crippen MR) is 129 cm³/mol. The topological polar surface area (TPSA) is 154 Å². The smallest absolute Gasteiger partial charge is 0.303 e. The molecule has 1 N–H and O–H groups in total. The normalized spacial score (nSPS) is 33.1. The number of ether oxygens (including phenoxy) is 8. The molecule has 1 amide bonds. The van der Waals surface area contributed by atoms with Crippen molar-refractivity contribution in [1.82, 2.24) is 5.32 Å². The first-order valence-electron chi connectivity index (χ1n) is 12.4. The SMILES string of the molecule is C=CC(=O)NCOCC1OC(OC2C(COC(C)=O)OCC(OC(C)=O)C2C)C(OC(C)=O)C(C)C1OC. The molecule has 13 nitrogen and oxygen atoms in total. The van der Waals surface area contributed by atoms with Crippen LogP contribution in [-0.2, 0) is 57.1 Å². The van der Waals surface area contributed by atoms with E-state index in [1.165, 1.54) is 27.9 Å². The third-order valence-corrected chi connectivity index (χ3v) is 6.38. The summed E-state index contributed by atoms with van der Waals surface area (Å²) in [5, 5.41) is 2.51. The van der Waals surface area contributed by atoms with Gasteiger partial charge in [-0.05, 0) is 6.08 Å². The van der Waals surface area contributed by atoms with E-state index in [2.05, 4.69) is 11.9 Å². The van der Waals surface area contributed by atoms with E-state index in [4.69, 9.17) is 37.9 Å². The first-order chi connectivity index (χ1) is 18.0. The summed E-state index contributed by atoms with van der Waals surface area (Å²) in [4.78, 5) is 46.5. The monoisotopic (exact) mass is 545 g/mol. The molecular weight excluding hydrogens is 506 g/mol. The maximum absolute atomic E-state index is 12.0. The van der Waals surface area contributed by atoms with Gasteiger partial charge in [0.25, 0.3) is 0 Å². The van der Waals surface area contributed by atoms with Crippen LogP contribution in [-0.4, -0.2) is 100 Å². The van der Waals surface area contributed by atoms with Gasteiger partial charge in [-0.3, -0.25) is 19.2 Å². The maximum atomic E-state index is 12.0. The van der Waals surface area contributed by atoms with Crippen molar-refractivity contribution in [1.29, 1.82) is 0 Å². The van der Waals surface area contributed by atoms with E-state index in [1.54, 1.807) is 0 Å². The number of rotatable bonds is 12. The van der Waals surface area contributed by atoms with Crippen LogP contribution >= 0.6 is 0 Å². The molecule has 9 atom stereocenters. The second-order valence-corrected chi connectivity index (χ2v) is 9.22. The molecule has 2 saturated heterocycles. The molecule has 0 radical (unpaired) electrons. The van der Waals surface area contributed by atoms with Crippen molar-refractivity contribution >= 4 is 23.8 Å². The van der Waals surface area contributed by atoms with Gasteiger partial charge in [-0.25, -0.2) is 0 Å². The standard InChI is InChI=1S/C25H39NO12/c1-8-21(30)26-12-32-9-20-22(31-7)14(3)24(36-17(6)29)25(37-20)38-23-13(2)18(35-16(5)28)10-34-19(23)11-33-15(4)27/h8,13-14,18-20,22-25H,1,9-12H2,2-7H3,(H,26,30). The highest BCUT2D eigenvalue weighted by atomic mass is 16.7. The number of nitrogens with one attached hydrogen (secondary N) is 1. The van der Waals surface area contributed by atoms with Crippen molar-refractivity contribution in [3.8, 4) is 0 Å². The van der Waals surface area contributed by atoms with Crippen molar-refractivity contribution in [2.24, 2.45) is 11.8 Å². The fourth-order valence-corrected chi connectivity index (χ4v) is 4.51. The summed E-state index contributed by atoms with van der Waals surface area (Å²) in [5.74, 6) is -2.70. The van der Waals surface area contributed by atoms with Crippen LogP contribution in [0.1, 0.15) is 34.6 Å². The van der Waals surface area contributed by atoms with E-state index in [1.807, 2.05) is 13.8 Å². The Labute approximate surface area is 222 Å². The molecule has 216 valence electrons. The first-order valence-corrected chi connectivity index (χ1v) is 12.4. The molecule has 9 unspecified atom stereocenters. The van der Waals surface area contributed by atoms with Gasteiger partial charge in [-0.2, -0.15) is 0 Å². The zero-order valence-electron chi connectivity index (χ0n) is 22.7. The fourth-order valence-electron chi connectivity index (χ4n) is 4.51. The molecule has 2 fully saturated rings. The summed E-state index contributed by atoms with van der Waals surface area (Å²) >= 11 is 0. The number of hydrogen-bond donors (Lipinski definition) is 1. The average molecular weight is 546 g/mol. The van der Waals surface area contributed by atoms with Crippen LogP contribution in [0.5, 0.6) is 0 Å². The van der Waals surface area contributed by atoms with E-state index in [0.717, 1.165) is 6.08 Å². The van der Waals surface area contributed by atoms with Gasteiger partial charge in [0.2, 0.25) is 5.91 Å². The predicted octanol–water partition coefficient (Wildman–Crippen LogP) is 0.485. The second kappa shape index (κ2) is 15.1. The molecule has 13 heteroatoms. The molecular formula is C25H39NO12. The van der Waals surface area contributed by atoms with Crippen LogP contribution in [0.3, 0.4) is 0 Å². The van der Waals surface area contributed by atoms with Gasteiger partial charge in [0.1, 0.15) is 31.6 Å². The minimum Gasteiger partial charge on any atom is -0.463 e. The van der Waals surface area contributed by atoms with E-state index >= 15 is 0 Å². The van der Waals surface area contributed by atoms with Crippen molar-refractivity contribution in [2.75, 3.05) is 33.7 Å². The molecule has 2 aliphatic rings. The lowest BCUT2D eigenvalue weighted by Crippen LogP contribution is -2.61. The molecule has 0 aromatic carbocycles. The minimum absolute atomic E-state index is 0.0244. The summed E-state index contributed by atoms with van der Waals surface area (Å²) in [6.07, 6.45) is -4.15. The second-order valence-electron chi connectivity index (χ2n) is 9.22. The Morgan fingerprint density at radius 1 is 0.921 bits per heavy atom. The highest BCUT2D eigenvalue weighted by molar-refractivity contribution is 5.86. The first kappa shape index (κ1) is 31.6. The van der Waals surface area contributed by atoms with Crippen molar-refractivity contribution in [3.63, 3.8) is 0 Å². The molecule has 0 aromatic heterocycles. The summed E-state index contributed by atoms with van der Waals surface area (Å²) < 4.78 is 45.8. The van der Waals surface area contributed by atoms with Gasteiger partial charge in [0, 0.05) is 39.7 Å². The highest BCUT2D eigenvalue weighted by Crippen LogP contribution is 2.35. The Morgan fingerprint density at radius 2 is 1.61 bits per heavy atom. The van der Waals surface area contributed by atoms with Crippen molar-refractivity contribution in [3.05, 3.63) is 12.7 Å². The van der Waals surface area contributed by atoms with Crippen LogP contribution in [0.4, 0.5) is 0 Å². The minimum atomic E-state index is -1.09. The van der Waals surface area contributed by atoms with Gasteiger partial charge in [0.05, 0.1) is 25.4 Å². The van der Waals surface area contributed by atoms with Gasteiger partial charge >= 0.3 is 17.9 Å². The largest absolute Gasteiger partial charge is 0.463 e. The summed E-state index contributed by atoms with van der Waals surface area (Å²) in [5.41, 5.74) is 0. The van der Waals surface area contributed by atoms with Crippen LogP contribution < -0.4 is 5.32 Å². The Kier molecular flexibility index (Phi) is 12.6. The Balaban J connectivity index is 2.27. The van der Waals surface area contributed by atoms with Crippen molar-refractivity contribution < 1.29 is 57.1 Å². The third kappa shape index (κ3) is 9.02. The number of carbonyl (C=O) groups is 4. The van der Waals surface area contributed by atoms with Gasteiger partial charge in [-0.1, -0.05) is 20.4 Å². The zero-order valence-corrected chi connectivity index (χ0v) is 22.7. The van der Waals surface area contributed by atoms with E-state index in [0.29, 0.717) is 0 Å². The van der Waals surface area contributed by atoms with E-state index in [9.17, 15) is 19.2 Å². The van der Waals surface area contributed by atoms with Crippen LogP contribution in [0.25, 0.3) is 0 Å². The zero-order chi connectivity index (χ0) is 28.4. The summed E-state index contributed by atoms with van der Waals surface area (Å²) in [6.45, 7) is 10.8. The summed E-state index contributed by atoms with van der Waals surface area (Å²) in [6, 6.07) is 0. The number of esters is 3. The summed E-state index contributed by atoms with van der Waals surface area (Å²) in [7, 11) is 1.50. The Hall–Kier alpha value is -2.58. The molecule has 2 heterocycles. The number of amides is 1. The highest BCUT2D eigenvalue weighted by Gasteiger charge is 2.50. The third-order valence-electron chi connectivity index (χ3n) is 6.38. The Bertz CT molecular complexity index is 833. The average Bonchev–Trinajstić information content (AvgIpc) is 2.85. The lowest BCUT2D eigenvalue weighted by molar-refractivity contribution is -0.328. The van der Waals surface area contributed by atoms with Gasteiger partial charge in [-0.15, -0.1) is 0 Å². The molecule has 38 heavy (non-hydrogen) atoms.